The number of ether oxygens (including phenoxy) is 1. The Balaban J connectivity index is 1.67. The number of aliphatic hydroxyl groups is 1. The van der Waals surface area contributed by atoms with Crippen LogP contribution >= 0.6 is 0 Å². The van der Waals surface area contributed by atoms with E-state index in [1.165, 1.54) is 13.3 Å². The Hall–Kier alpha value is -1.68. The summed E-state index contributed by atoms with van der Waals surface area (Å²) in [4.78, 5) is 6.42. The fourth-order valence-electron chi connectivity index (χ4n) is 2.92. The van der Waals surface area contributed by atoms with E-state index in [1.54, 1.807) is 6.07 Å². The van der Waals surface area contributed by atoms with Crippen LogP contribution in [0.2, 0.25) is 0 Å². The zero-order valence-electron chi connectivity index (χ0n) is 11.4. The first-order chi connectivity index (χ1) is 9.71. The Labute approximate surface area is 118 Å². The van der Waals surface area contributed by atoms with Crippen molar-refractivity contribution in [2.75, 3.05) is 33.3 Å². The highest BCUT2D eigenvalue weighted by Gasteiger charge is 2.39. The lowest BCUT2D eigenvalue weighted by Crippen LogP contribution is -2.51. The van der Waals surface area contributed by atoms with Crippen molar-refractivity contribution < 1.29 is 9.84 Å². The van der Waals surface area contributed by atoms with Crippen LogP contribution in [0.1, 0.15) is 17.4 Å². The maximum Gasteiger partial charge on any atom is 0.140 e. The van der Waals surface area contributed by atoms with Gasteiger partial charge in [-0.1, -0.05) is 0 Å². The van der Waals surface area contributed by atoms with Gasteiger partial charge in [0.25, 0.3) is 0 Å². The molecule has 2 N–H and O–H groups in total. The fraction of sp³-hybridized carbons (Fsp3) is 0.571. The number of pyridine rings is 1. The highest BCUT2D eigenvalue weighted by molar-refractivity contribution is 5.42. The van der Waals surface area contributed by atoms with Crippen LogP contribution in [0.15, 0.2) is 12.3 Å². The first-order valence-corrected chi connectivity index (χ1v) is 6.79. The molecule has 0 amide bonds. The first kappa shape index (κ1) is 13.3. The van der Waals surface area contributed by atoms with E-state index in [1.807, 2.05) is 6.07 Å². The number of aliphatic hydroxyl groups excluding tert-OH is 1. The first-order valence-electron chi connectivity index (χ1n) is 6.79. The summed E-state index contributed by atoms with van der Waals surface area (Å²) in [5.41, 5.74) is 0.930. The predicted octanol–water partition coefficient (Wildman–Crippen LogP) is -0.101. The molecule has 0 aromatic carbocycles. The lowest BCUT2D eigenvalue weighted by molar-refractivity contribution is 0.121. The number of nitrogens with zero attached hydrogens (tertiary/aromatic N) is 3. The number of aromatic nitrogens is 1. The van der Waals surface area contributed by atoms with Crippen molar-refractivity contribution in [1.29, 1.82) is 5.26 Å². The van der Waals surface area contributed by atoms with Gasteiger partial charge in [0.1, 0.15) is 23.5 Å². The van der Waals surface area contributed by atoms with Gasteiger partial charge in [0.15, 0.2) is 0 Å². The van der Waals surface area contributed by atoms with Crippen LogP contribution in [-0.4, -0.2) is 54.3 Å². The van der Waals surface area contributed by atoms with E-state index in [-0.39, 0.29) is 0 Å². The minimum Gasteiger partial charge on any atom is -0.495 e. The molecule has 0 saturated carbocycles. The monoisotopic (exact) mass is 274 g/mol. The molecule has 3 heterocycles. The standard InChI is InChI=1S/C14H18N4O2/c1-20-14-2-11(16-4-9(14)3-15)13(19)8-18-6-10-5-17-12(10)7-18/h2,4,10,12-13,17,19H,5-8H2,1H3/t10?,12?,13-/m0/s1. The number of hydrogen-bond acceptors (Lipinski definition) is 6. The molecule has 2 unspecified atom stereocenters. The van der Waals surface area contributed by atoms with Crippen LogP contribution in [-0.2, 0) is 0 Å². The van der Waals surface area contributed by atoms with Gasteiger partial charge < -0.3 is 15.2 Å². The summed E-state index contributed by atoms with van der Waals surface area (Å²) in [5.74, 6) is 1.19. The average molecular weight is 274 g/mol. The maximum absolute atomic E-state index is 10.3. The third-order valence-electron chi connectivity index (χ3n) is 4.16. The summed E-state index contributed by atoms with van der Waals surface area (Å²) in [7, 11) is 1.51. The second-order valence-corrected chi connectivity index (χ2v) is 5.43. The molecule has 2 aliphatic heterocycles. The SMILES string of the molecule is COc1cc([C@@H](O)CN2CC3CNC3C2)ncc1C#N. The molecule has 3 atom stereocenters. The van der Waals surface area contributed by atoms with Crippen LogP contribution in [0.5, 0.6) is 5.75 Å². The van der Waals surface area contributed by atoms with Gasteiger partial charge in [-0.15, -0.1) is 0 Å². The van der Waals surface area contributed by atoms with Gasteiger partial charge in [-0.25, -0.2) is 0 Å². The Morgan fingerprint density at radius 2 is 2.50 bits per heavy atom. The molecule has 6 heteroatoms. The van der Waals surface area contributed by atoms with Crippen molar-refractivity contribution in [2.45, 2.75) is 12.1 Å². The molecule has 2 saturated heterocycles. The smallest absolute Gasteiger partial charge is 0.140 e. The van der Waals surface area contributed by atoms with Gasteiger partial charge in [-0.3, -0.25) is 9.88 Å². The number of nitrogens with one attached hydrogen (secondary N) is 1. The highest BCUT2D eigenvalue weighted by atomic mass is 16.5. The van der Waals surface area contributed by atoms with Gasteiger partial charge in [-0.05, 0) is 0 Å². The third-order valence-corrected chi connectivity index (χ3v) is 4.16. The Kier molecular flexibility index (Phi) is 3.57. The summed E-state index contributed by atoms with van der Waals surface area (Å²) >= 11 is 0. The lowest BCUT2D eigenvalue weighted by Gasteiger charge is -2.30. The average Bonchev–Trinajstić information content (AvgIpc) is 2.73. The van der Waals surface area contributed by atoms with Crippen molar-refractivity contribution in [1.82, 2.24) is 15.2 Å². The molecule has 1 aromatic rings. The maximum atomic E-state index is 10.3. The number of likely N-dealkylation sites (tertiary alicyclic amines) is 1. The molecular weight excluding hydrogens is 256 g/mol. The van der Waals surface area contributed by atoms with Crippen LogP contribution in [0.3, 0.4) is 0 Å². The van der Waals surface area contributed by atoms with E-state index in [0.717, 1.165) is 25.6 Å². The second kappa shape index (κ2) is 5.37. The molecule has 20 heavy (non-hydrogen) atoms. The molecule has 6 nitrogen and oxygen atoms in total. The van der Waals surface area contributed by atoms with E-state index in [0.29, 0.717) is 29.6 Å². The molecule has 2 aliphatic rings. The second-order valence-electron chi connectivity index (χ2n) is 5.43. The minimum atomic E-state index is -0.658. The van der Waals surface area contributed by atoms with E-state index in [4.69, 9.17) is 10.00 Å². The molecule has 0 aliphatic carbocycles. The summed E-state index contributed by atoms with van der Waals surface area (Å²) in [6, 6.07) is 4.25. The Morgan fingerprint density at radius 3 is 3.05 bits per heavy atom. The van der Waals surface area contributed by atoms with Crippen LogP contribution in [0.25, 0.3) is 0 Å². The van der Waals surface area contributed by atoms with Gasteiger partial charge in [-0.2, -0.15) is 5.26 Å². The van der Waals surface area contributed by atoms with Crippen LogP contribution in [0.4, 0.5) is 0 Å². The molecule has 0 bridgehead atoms. The summed E-state index contributed by atoms with van der Waals surface area (Å²) in [6.45, 7) is 3.66. The zero-order chi connectivity index (χ0) is 14.1. The summed E-state index contributed by atoms with van der Waals surface area (Å²) in [5, 5.41) is 22.6. The zero-order valence-corrected chi connectivity index (χ0v) is 11.4. The van der Waals surface area contributed by atoms with E-state index in [9.17, 15) is 5.11 Å². The van der Waals surface area contributed by atoms with E-state index >= 15 is 0 Å². The van der Waals surface area contributed by atoms with Crippen LogP contribution < -0.4 is 10.1 Å². The number of methoxy groups -OCH3 is 1. The number of rotatable bonds is 4. The van der Waals surface area contributed by atoms with Gasteiger partial charge >= 0.3 is 0 Å². The van der Waals surface area contributed by atoms with E-state index in [2.05, 4.69) is 15.2 Å². The van der Waals surface area contributed by atoms with E-state index < -0.39 is 6.10 Å². The highest BCUT2D eigenvalue weighted by Crippen LogP contribution is 2.26. The van der Waals surface area contributed by atoms with Gasteiger partial charge in [0.05, 0.1) is 12.8 Å². The summed E-state index contributed by atoms with van der Waals surface area (Å²) < 4.78 is 5.14. The largest absolute Gasteiger partial charge is 0.495 e. The number of β-amino-alcohol motifs (C(OH)–C–C–N with tert-alkyl or cyclic N) is 1. The fourth-order valence-corrected chi connectivity index (χ4v) is 2.92. The number of nitriles is 1. The molecular formula is C14H18N4O2. The molecule has 106 valence electrons. The molecule has 0 spiro atoms. The Morgan fingerprint density at radius 1 is 1.65 bits per heavy atom. The van der Waals surface area contributed by atoms with Crippen molar-refractivity contribution >= 4 is 0 Å². The van der Waals surface area contributed by atoms with Crippen molar-refractivity contribution in [2.24, 2.45) is 5.92 Å². The molecule has 3 rings (SSSR count). The lowest BCUT2D eigenvalue weighted by atomic mass is 9.96. The van der Waals surface area contributed by atoms with Crippen molar-refractivity contribution in [3.05, 3.63) is 23.5 Å². The van der Waals surface area contributed by atoms with Crippen LogP contribution in [0, 0.1) is 17.2 Å². The van der Waals surface area contributed by atoms with Crippen molar-refractivity contribution in [3.63, 3.8) is 0 Å². The van der Waals surface area contributed by atoms with Gasteiger partial charge in [0.2, 0.25) is 0 Å². The van der Waals surface area contributed by atoms with Crippen molar-refractivity contribution in [3.8, 4) is 11.8 Å². The quantitative estimate of drug-likeness (QED) is 0.798. The number of hydrogen-bond donors (Lipinski definition) is 2. The third kappa shape index (κ3) is 2.36. The summed E-state index contributed by atoms with van der Waals surface area (Å²) in [6.07, 6.45) is 0.793. The normalized spacial score (nSPS) is 26.4. The predicted molar refractivity (Wildman–Crippen MR) is 72.2 cm³/mol. The minimum absolute atomic E-state index is 0.381. The number of fused-ring (bicyclic) bond motifs is 1. The molecule has 1 aromatic heterocycles. The topological polar surface area (TPSA) is 81.4 Å². The molecule has 2 fully saturated rings. The van der Waals surface area contributed by atoms with Gasteiger partial charge in [0, 0.05) is 50.4 Å². The molecule has 0 radical (unpaired) electrons. The Bertz CT molecular complexity index is 530.